The number of hydrogen-bond donors (Lipinski definition) is 3. The molecule has 0 saturated heterocycles. The van der Waals surface area contributed by atoms with Gasteiger partial charge < -0.3 is 25.0 Å². The molecular formula is C45H56N8O5S. The molecule has 0 radical (unpaired) electrons. The Morgan fingerprint density at radius 2 is 1.68 bits per heavy atom. The number of carboxylic acid groups (broad SMARTS) is 1. The summed E-state index contributed by atoms with van der Waals surface area (Å²) in [5.74, 6) is 0.188. The lowest BCUT2D eigenvalue weighted by Gasteiger charge is -2.69. The zero-order valence-electron chi connectivity index (χ0n) is 34.7. The number of aromatic nitrogens is 6. The van der Waals surface area contributed by atoms with Gasteiger partial charge in [0, 0.05) is 61.5 Å². The number of nitrogens with zero attached hydrogens (tertiary/aromatic N) is 8. The van der Waals surface area contributed by atoms with Crippen molar-refractivity contribution in [1.29, 1.82) is 0 Å². The predicted molar refractivity (Wildman–Crippen MR) is 227 cm³/mol. The van der Waals surface area contributed by atoms with Gasteiger partial charge in [0.2, 0.25) is 0 Å². The molecule has 4 saturated carbocycles. The van der Waals surface area contributed by atoms with E-state index < -0.39 is 5.97 Å². The third-order valence-corrected chi connectivity index (χ3v) is 14.7. The van der Waals surface area contributed by atoms with Gasteiger partial charge in [0.25, 0.3) is 0 Å². The van der Waals surface area contributed by atoms with Crippen LogP contribution >= 0.6 is 11.3 Å². The number of ether oxygens (including phenoxy) is 1. The number of anilines is 2. The molecule has 0 spiro atoms. The van der Waals surface area contributed by atoms with Gasteiger partial charge in [-0.15, -0.1) is 16.4 Å². The molecule has 312 valence electrons. The van der Waals surface area contributed by atoms with E-state index in [1.807, 2.05) is 48.4 Å². The maximum Gasteiger partial charge on any atom is 0.355 e. The van der Waals surface area contributed by atoms with E-state index in [9.17, 15) is 20.1 Å². The van der Waals surface area contributed by atoms with E-state index in [1.165, 1.54) is 6.42 Å². The van der Waals surface area contributed by atoms with Crippen molar-refractivity contribution < 1.29 is 24.9 Å². The van der Waals surface area contributed by atoms with Gasteiger partial charge in [-0.25, -0.2) is 14.8 Å². The molecule has 10 rings (SSSR count). The number of pyridine rings is 1. The fraction of sp³-hybridized carbons (Fsp3) is 0.556. The van der Waals surface area contributed by atoms with Crippen LogP contribution in [0.3, 0.4) is 0 Å². The van der Waals surface area contributed by atoms with Crippen molar-refractivity contribution >= 4 is 39.2 Å². The predicted octanol–water partition coefficient (Wildman–Crippen LogP) is 6.76. The second-order valence-electron chi connectivity index (χ2n) is 18.8. The quantitative estimate of drug-likeness (QED) is 0.102. The number of carbonyl (C=O) groups is 1. The highest BCUT2D eigenvalue weighted by molar-refractivity contribution is 7.18. The van der Waals surface area contributed by atoms with Crippen LogP contribution in [0.5, 0.6) is 0 Å². The molecule has 1 aromatic carbocycles. The maximum atomic E-state index is 13.0. The average molecular weight is 821 g/mol. The number of para-hydroxylation sites is 1. The van der Waals surface area contributed by atoms with Crippen molar-refractivity contribution in [2.75, 3.05) is 50.9 Å². The minimum absolute atomic E-state index is 0.00497. The molecule has 4 aromatic heterocycles. The van der Waals surface area contributed by atoms with Gasteiger partial charge in [0.05, 0.1) is 52.5 Å². The van der Waals surface area contributed by atoms with Crippen LogP contribution in [0.2, 0.25) is 0 Å². The van der Waals surface area contributed by atoms with Gasteiger partial charge in [-0.1, -0.05) is 26.0 Å². The molecule has 0 amide bonds. The van der Waals surface area contributed by atoms with Crippen molar-refractivity contribution in [3.05, 3.63) is 75.8 Å². The van der Waals surface area contributed by atoms with Gasteiger partial charge in [-0.2, -0.15) is 10.2 Å². The Balaban J connectivity index is 0.959. The zero-order chi connectivity index (χ0) is 41.2. The standard InChI is InChI=1S/C45H56N8O5S/c1-29-31-8-7-13-52(40(31)50-49-35(29)20-38-47-34-9-5-6-10-36(34)59-38)37-12-11-32(39(48-37)41(56)57)33-21-46-53(30(33)2)28-44-23-42(3)22-43(4,24-44)26-45(25-42,27-44)58-19-16-51(14-17-54)15-18-55/h5-6,9-12,21,54-55H,7-8,13-20,22-28H2,1-4H3,(H,56,57). The highest BCUT2D eigenvalue weighted by Crippen LogP contribution is 2.72. The SMILES string of the molecule is Cc1c(Cc2nc3ccccc3s2)nnc2c1CCCN2c1ccc(-c2cnn(CC34CC5(C)CC(C)(C3)CC(OCCN(CCO)CCO)(C5)C4)c2C)c(C(=O)O)n1. The summed E-state index contributed by atoms with van der Waals surface area (Å²) in [5.41, 5.74) is 6.45. The van der Waals surface area contributed by atoms with E-state index in [1.54, 1.807) is 11.3 Å². The van der Waals surface area contributed by atoms with Gasteiger partial charge in [-0.3, -0.25) is 9.58 Å². The topological polar surface area (TPSA) is 163 Å². The van der Waals surface area contributed by atoms with E-state index in [4.69, 9.17) is 24.9 Å². The fourth-order valence-corrected chi connectivity index (χ4v) is 13.5. The number of hydrogen-bond acceptors (Lipinski definition) is 12. The molecule has 13 nitrogen and oxygen atoms in total. The molecule has 1 aliphatic heterocycles. The molecule has 2 unspecified atom stereocenters. The Labute approximate surface area is 349 Å². The number of thiazole rings is 1. The Kier molecular flexibility index (Phi) is 10.4. The molecule has 5 aromatic rings. The average Bonchev–Trinajstić information content (AvgIpc) is 3.76. The number of aromatic carboxylic acids is 1. The number of aliphatic hydroxyl groups excluding tert-OH is 2. The van der Waals surface area contributed by atoms with Crippen LogP contribution in [0.1, 0.15) is 96.8 Å². The first-order valence-electron chi connectivity index (χ1n) is 21.1. The van der Waals surface area contributed by atoms with E-state index in [-0.39, 0.29) is 40.8 Å². The number of fused-ring (bicyclic) bond motifs is 2. The first kappa shape index (κ1) is 40.1. The molecule has 5 aliphatic rings. The van der Waals surface area contributed by atoms with Gasteiger partial charge in [-0.05, 0) is 111 Å². The van der Waals surface area contributed by atoms with Gasteiger partial charge in [0.1, 0.15) is 5.82 Å². The van der Waals surface area contributed by atoms with Crippen molar-refractivity contribution in [2.45, 2.75) is 97.6 Å². The van der Waals surface area contributed by atoms with E-state index in [0.29, 0.717) is 50.6 Å². The Hall–Kier alpha value is -4.34. The van der Waals surface area contributed by atoms with E-state index >= 15 is 0 Å². The zero-order valence-corrected chi connectivity index (χ0v) is 35.5. The van der Waals surface area contributed by atoms with Crippen LogP contribution in [0.25, 0.3) is 21.3 Å². The highest BCUT2D eigenvalue weighted by atomic mass is 32.1. The van der Waals surface area contributed by atoms with E-state index in [2.05, 4.69) is 41.5 Å². The third kappa shape index (κ3) is 7.56. The monoisotopic (exact) mass is 820 g/mol. The number of benzene rings is 1. The second-order valence-corrected chi connectivity index (χ2v) is 19.9. The molecule has 59 heavy (non-hydrogen) atoms. The largest absolute Gasteiger partial charge is 0.476 e. The number of aliphatic hydroxyl groups is 2. The van der Waals surface area contributed by atoms with Crippen molar-refractivity contribution in [1.82, 2.24) is 34.8 Å². The van der Waals surface area contributed by atoms with Gasteiger partial charge >= 0.3 is 5.97 Å². The lowest BCUT2D eigenvalue weighted by molar-refractivity contribution is -0.249. The number of carboxylic acids is 1. The lowest BCUT2D eigenvalue weighted by Crippen LogP contribution is -2.64. The summed E-state index contributed by atoms with van der Waals surface area (Å²) >= 11 is 1.68. The maximum absolute atomic E-state index is 13.0. The van der Waals surface area contributed by atoms with Crippen LogP contribution in [0, 0.1) is 30.1 Å². The summed E-state index contributed by atoms with van der Waals surface area (Å²) in [4.78, 5) is 26.6. The summed E-state index contributed by atoms with van der Waals surface area (Å²) < 4.78 is 10.2. The lowest BCUT2D eigenvalue weighted by atomic mass is 9.39. The molecule has 14 heteroatoms. The number of rotatable bonds is 15. The first-order valence-corrected chi connectivity index (χ1v) is 22.0. The van der Waals surface area contributed by atoms with Gasteiger partial charge in [0.15, 0.2) is 11.5 Å². The first-order chi connectivity index (χ1) is 28.3. The summed E-state index contributed by atoms with van der Waals surface area (Å²) in [6.07, 6.45) is 10.6. The van der Waals surface area contributed by atoms with E-state index in [0.717, 1.165) is 101 Å². The van der Waals surface area contributed by atoms with Crippen LogP contribution in [0.15, 0.2) is 42.6 Å². The molecular weight excluding hydrogens is 765 g/mol. The molecule has 4 fully saturated rings. The molecule has 4 bridgehead atoms. The molecule has 4 aliphatic carbocycles. The smallest absolute Gasteiger partial charge is 0.355 e. The normalized spacial score (nSPS) is 26.0. The summed E-state index contributed by atoms with van der Waals surface area (Å²) in [7, 11) is 0. The molecule has 2 atom stereocenters. The third-order valence-electron chi connectivity index (χ3n) is 13.7. The second kappa shape index (κ2) is 15.3. The Morgan fingerprint density at radius 1 is 0.915 bits per heavy atom. The summed E-state index contributed by atoms with van der Waals surface area (Å²) in [5, 5.41) is 45.0. The molecule has 5 heterocycles. The van der Waals surface area contributed by atoms with Crippen LogP contribution < -0.4 is 4.90 Å². The Bertz CT molecular complexity index is 2340. The van der Waals surface area contributed by atoms with Crippen LogP contribution in [0.4, 0.5) is 11.6 Å². The highest BCUT2D eigenvalue weighted by Gasteiger charge is 2.66. The van der Waals surface area contributed by atoms with Crippen molar-refractivity contribution in [3.63, 3.8) is 0 Å². The van der Waals surface area contributed by atoms with Crippen LogP contribution in [-0.2, 0) is 24.1 Å². The minimum atomic E-state index is -1.09. The van der Waals surface area contributed by atoms with Crippen LogP contribution in [-0.4, -0.2) is 108 Å². The van der Waals surface area contributed by atoms with Crippen molar-refractivity contribution in [2.24, 2.45) is 16.2 Å². The molecule has 3 N–H and O–H groups in total. The van der Waals surface area contributed by atoms with Crippen molar-refractivity contribution in [3.8, 4) is 11.1 Å². The Morgan fingerprint density at radius 3 is 2.41 bits per heavy atom. The minimum Gasteiger partial charge on any atom is -0.476 e. The summed E-state index contributed by atoms with van der Waals surface area (Å²) in [6, 6.07) is 11.9. The summed E-state index contributed by atoms with van der Waals surface area (Å²) in [6.45, 7) is 12.8. The fourth-order valence-electron chi connectivity index (χ4n) is 12.5.